The van der Waals surface area contributed by atoms with Gasteiger partial charge in [0.2, 0.25) is 0 Å². The number of ether oxygens (including phenoxy) is 1. The van der Waals surface area contributed by atoms with Gasteiger partial charge in [-0.1, -0.05) is 84.9 Å². The van der Waals surface area contributed by atoms with Crippen LogP contribution in [0, 0.1) is 6.92 Å². The molecule has 0 fully saturated rings. The number of rotatable bonds is 8. The van der Waals surface area contributed by atoms with Gasteiger partial charge in [-0.2, -0.15) is 13.2 Å². The number of hydrogen-bond donors (Lipinski definition) is 0. The lowest BCUT2D eigenvalue weighted by Crippen LogP contribution is -2.27. The summed E-state index contributed by atoms with van der Waals surface area (Å²) < 4.78 is 47.3. The fraction of sp³-hybridized carbons (Fsp3) is 0.152. The molecule has 0 radical (unpaired) electrons. The van der Waals surface area contributed by atoms with Crippen molar-refractivity contribution in [2.75, 3.05) is 0 Å². The first kappa shape index (κ1) is 26.9. The van der Waals surface area contributed by atoms with E-state index in [1.54, 1.807) is 11.5 Å². The molecule has 0 saturated carbocycles. The van der Waals surface area contributed by atoms with Crippen LogP contribution in [0.4, 0.5) is 13.2 Å². The van der Waals surface area contributed by atoms with E-state index in [-0.39, 0.29) is 11.1 Å². The second kappa shape index (κ2) is 11.6. The Morgan fingerprint density at radius 2 is 1.38 bits per heavy atom. The van der Waals surface area contributed by atoms with Crippen LogP contribution < -0.4 is 10.3 Å². The molecule has 0 bridgehead atoms. The first-order chi connectivity index (χ1) is 19.3. The van der Waals surface area contributed by atoms with Gasteiger partial charge >= 0.3 is 6.18 Å². The van der Waals surface area contributed by atoms with Gasteiger partial charge in [0, 0.05) is 6.54 Å². The minimum Gasteiger partial charge on any atom is -0.488 e. The lowest BCUT2D eigenvalue weighted by atomic mass is 10.0. The van der Waals surface area contributed by atoms with E-state index in [1.165, 1.54) is 12.1 Å². The highest BCUT2D eigenvalue weighted by Gasteiger charge is 2.30. The topological polar surface area (TPSA) is 44.1 Å². The Labute approximate surface area is 230 Å². The summed E-state index contributed by atoms with van der Waals surface area (Å²) in [5.74, 6) is 1.02. The monoisotopic (exact) mass is 540 g/mol. The zero-order chi connectivity index (χ0) is 28.1. The minimum absolute atomic E-state index is 0.272. The largest absolute Gasteiger partial charge is 0.488 e. The average Bonchev–Trinajstić information content (AvgIpc) is 2.96. The molecule has 40 heavy (non-hydrogen) atoms. The van der Waals surface area contributed by atoms with E-state index < -0.39 is 11.7 Å². The number of para-hydroxylation sites is 1. The fourth-order valence-corrected chi connectivity index (χ4v) is 4.63. The molecule has 7 heteroatoms. The van der Waals surface area contributed by atoms with E-state index in [4.69, 9.17) is 9.72 Å². The van der Waals surface area contributed by atoms with Crippen molar-refractivity contribution in [3.05, 3.63) is 142 Å². The highest BCUT2D eigenvalue weighted by Crippen LogP contribution is 2.33. The molecule has 5 aromatic rings. The predicted octanol–water partition coefficient (Wildman–Crippen LogP) is 7.73. The molecular formula is C33H27F3N2O2. The number of alkyl halides is 3. The molecule has 0 saturated heterocycles. The molecule has 5 rings (SSSR count). The molecule has 0 aliphatic carbocycles. The standard InChI is InChI=1S/C33H27F3N2O2/c1-23-30(26-16-18-27(19-17-26)33(34,35)36)32(39)38(21-20-24-10-4-2-5-11-24)31(37-23)28-14-8-9-15-29(28)40-22-25-12-6-3-7-13-25/h2-19H,20-22H2,1H3. The summed E-state index contributed by atoms with van der Waals surface area (Å²) in [5, 5.41) is 0. The fourth-order valence-electron chi connectivity index (χ4n) is 4.63. The van der Waals surface area contributed by atoms with Crippen LogP contribution in [0.15, 0.2) is 114 Å². The van der Waals surface area contributed by atoms with Crippen LogP contribution in [0.2, 0.25) is 0 Å². The van der Waals surface area contributed by atoms with Crippen molar-refractivity contribution in [2.45, 2.75) is 32.7 Å². The van der Waals surface area contributed by atoms with Crippen LogP contribution in [-0.2, 0) is 25.7 Å². The van der Waals surface area contributed by atoms with Crippen LogP contribution in [0.1, 0.15) is 22.4 Å². The molecule has 0 amide bonds. The van der Waals surface area contributed by atoms with Crippen molar-refractivity contribution in [3.8, 4) is 28.3 Å². The third-order valence-electron chi connectivity index (χ3n) is 6.68. The van der Waals surface area contributed by atoms with Gasteiger partial charge in [-0.05, 0) is 54.3 Å². The van der Waals surface area contributed by atoms with Crippen LogP contribution >= 0.6 is 0 Å². The molecule has 4 aromatic carbocycles. The first-order valence-corrected chi connectivity index (χ1v) is 12.9. The van der Waals surface area contributed by atoms with Crippen molar-refractivity contribution in [1.82, 2.24) is 9.55 Å². The minimum atomic E-state index is -4.46. The van der Waals surface area contributed by atoms with Gasteiger partial charge in [-0.3, -0.25) is 9.36 Å². The van der Waals surface area contributed by atoms with Crippen molar-refractivity contribution < 1.29 is 17.9 Å². The van der Waals surface area contributed by atoms with Gasteiger partial charge in [0.05, 0.1) is 22.4 Å². The lowest BCUT2D eigenvalue weighted by Gasteiger charge is -2.19. The Bertz CT molecular complexity index is 1650. The maximum atomic E-state index is 14.0. The van der Waals surface area contributed by atoms with E-state index in [9.17, 15) is 18.0 Å². The molecule has 202 valence electrons. The van der Waals surface area contributed by atoms with Crippen molar-refractivity contribution in [1.29, 1.82) is 0 Å². The summed E-state index contributed by atoms with van der Waals surface area (Å²) >= 11 is 0. The first-order valence-electron chi connectivity index (χ1n) is 12.9. The molecule has 1 heterocycles. The number of hydrogen-bond acceptors (Lipinski definition) is 3. The molecule has 0 spiro atoms. The van der Waals surface area contributed by atoms with Gasteiger partial charge in [0.25, 0.3) is 5.56 Å². The number of nitrogens with zero attached hydrogens (tertiary/aromatic N) is 2. The average molecular weight is 541 g/mol. The molecule has 0 unspecified atom stereocenters. The van der Waals surface area contributed by atoms with E-state index in [0.717, 1.165) is 23.3 Å². The van der Waals surface area contributed by atoms with E-state index in [0.29, 0.717) is 48.0 Å². The van der Waals surface area contributed by atoms with Gasteiger partial charge in [-0.15, -0.1) is 0 Å². The van der Waals surface area contributed by atoms with Gasteiger partial charge < -0.3 is 4.74 Å². The zero-order valence-corrected chi connectivity index (χ0v) is 21.9. The van der Waals surface area contributed by atoms with Crippen LogP contribution in [0.25, 0.3) is 22.5 Å². The Morgan fingerprint density at radius 3 is 2.02 bits per heavy atom. The Morgan fingerprint density at radius 1 is 0.775 bits per heavy atom. The lowest BCUT2D eigenvalue weighted by molar-refractivity contribution is -0.137. The summed E-state index contributed by atoms with van der Waals surface area (Å²) in [6.07, 6.45) is -3.90. The Balaban J connectivity index is 1.59. The third-order valence-corrected chi connectivity index (χ3v) is 6.68. The summed E-state index contributed by atoms with van der Waals surface area (Å²) in [7, 11) is 0. The highest BCUT2D eigenvalue weighted by atomic mass is 19.4. The summed E-state index contributed by atoms with van der Waals surface area (Å²) in [6.45, 7) is 2.37. The maximum Gasteiger partial charge on any atom is 0.416 e. The highest BCUT2D eigenvalue weighted by molar-refractivity contribution is 5.70. The number of aryl methyl sites for hydroxylation is 2. The molecule has 0 aliphatic rings. The van der Waals surface area contributed by atoms with E-state index in [2.05, 4.69) is 0 Å². The van der Waals surface area contributed by atoms with Crippen molar-refractivity contribution >= 4 is 0 Å². The van der Waals surface area contributed by atoms with Crippen molar-refractivity contribution in [2.24, 2.45) is 0 Å². The van der Waals surface area contributed by atoms with Crippen LogP contribution in [-0.4, -0.2) is 9.55 Å². The SMILES string of the molecule is Cc1nc(-c2ccccc2OCc2ccccc2)n(CCc2ccccc2)c(=O)c1-c1ccc(C(F)(F)F)cc1. The van der Waals surface area contributed by atoms with Gasteiger partial charge in [0.1, 0.15) is 18.2 Å². The van der Waals surface area contributed by atoms with Crippen LogP contribution in [0.3, 0.4) is 0 Å². The molecule has 0 atom stereocenters. The number of halogens is 3. The second-order valence-corrected chi connectivity index (χ2v) is 9.43. The maximum absolute atomic E-state index is 14.0. The summed E-state index contributed by atoms with van der Waals surface area (Å²) in [6, 6.07) is 31.6. The zero-order valence-electron chi connectivity index (χ0n) is 21.9. The summed E-state index contributed by atoms with van der Waals surface area (Å²) in [4.78, 5) is 18.9. The number of benzene rings is 4. The summed E-state index contributed by atoms with van der Waals surface area (Å²) in [5.41, 5.74) is 2.69. The molecule has 0 aliphatic heterocycles. The normalized spacial score (nSPS) is 11.4. The molecule has 4 nitrogen and oxygen atoms in total. The Kier molecular flexibility index (Phi) is 7.82. The van der Waals surface area contributed by atoms with Crippen molar-refractivity contribution in [3.63, 3.8) is 0 Å². The Hall–Kier alpha value is -4.65. The van der Waals surface area contributed by atoms with Gasteiger partial charge in [0.15, 0.2) is 0 Å². The van der Waals surface area contributed by atoms with Crippen LogP contribution in [0.5, 0.6) is 5.75 Å². The molecule has 0 N–H and O–H groups in total. The number of aromatic nitrogens is 2. The van der Waals surface area contributed by atoms with E-state index in [1.807, 2.05) is 84.9 Å². The quantitative estimate of drug-likeness (QED) is 0.202. The van der Waals surface area contributed by atoms with E-state index >= 15 is 0 Å². The van der Waals surface area contributed by atoms with Gasteiger partial charge in [-0.25, -0.2) is 4.98 Å². The molecule has 1 aromatic heterocycles. The molecular weight excluding hydrogens is 513 g/mol. The predicted molar refractivity (Wildman–Crippen MR) is 150 cm³/mol. The smallest absolute Gasteiger partial charge is 0.416 e. The third kappa shape index (κ3) is 5.99. The second-order valence-electron chi connectivity index (χ2n) is 9.43.